The predicted octanol–water partition coefficient (Wildman–Crippen LogP) is 3.54. The van der Waals surface area contributed by atoms with E-state index in [1.54, 1.807) is 0 Å². The normalized spacial score (nSPS) is 10.5. The van der Waals surface area contributed by atoms with Gasteiger partial charge in [0.2, 0.25) is 0 Å². The first-order valence-electron chi connectivity index (χ1n) is 5.38. The van der Waals surface area contributed by atoms with Crippen LogP contribution in [0.15, 0.2) is 36.4 Å². The third kappa shape index (κ3) is 3.28. The van der Waals surface area contributed by atoms with Crippen LogP contribution in [0.1, 0.15) is 19.4 Å². The van der Waals surface area contributed by atoms with Crippen molar-refractivity contribution in [1.82, 2.24) is 0 Å². The summed E-state index contributed by atoms with van der Waals surface area (Å²) in [5.41, 5.74) is 2.45. The van der Waals surface area contributed by atoms with Gasteiger partial charge < -0.3 is 4.90 Å². The van der Waals surface area contributed by atoms with E-state index in [9.17, 15) is 0 Å². The zero-order valence-electron chi connectivity index (χ0n) is 9.48. The van der Waals surface area contributed by atoms with Crippen molar-refractivity contribution in [2.24, 2.45) is 0 Å². The van der Waals surface area contributed by atoms with Gasteiger partial charge in [-0.15, -0.1) is 0 Å². The summed E-state index contributed by atoms with van der Waals surface area (Å²) >= 11 is 0. The molecule has 0 fully saturated rings. The lowest BCUT2D eigenvalue weighted by Gasteiger charge is -2.20. The highest BCUT2D eigenvalue weighted by Crippen LogP contribution is 2.15. The van der Waals surface area contributed by atoms with E-state index in [1.807, 2.05) is 12.2 Å². The maximum absolute atomic E-state index is 5.28. The van der Waals surface area contributed by atoms with Gasteiger partial charge in [-0.05, 0) is 31.5 Å². The lowest BCUT2D eigenvalue weighted by atomic mass is 10.2. The Labute approximate surface area is 92.7 Å². The summed E-state index contributed by atoms with van der Waals surface area (Å²) in [5, 5.41) is 0. The van der Waals surface area contributed by atoms with Crippen LogP contribution < -0.4 is 4.90 Å². The topological polar surface area (TPSA) is 3.24 Å². The molecule has 0 saturated heterocycles. The number of hydrogen-bond acceptors (Lipinski definition) is 1. The molecule has 15 heavy (non-hydrogen) atoms. The predicted molar refractivity (Wildman–Crippen MR) is 67.9 cm³/mol. The molecule has 0 aliphatic rings. The Morgan fingerprint density at radius 3 is 2.20 bits per heavy atom. The molecule has 0 amide bonds. The van der Waals surface area contributed by atoms with E-state index >= 15 is 0 Å². The molecule has 1 rings (SSSR count). The van der Waals surface area contributed by atoms with Gasteiger partial charge in [-0.1, -0.05) is 36.9 Å². The van der Waals surface area contributed by atoms with Crippen molar-refractivity contribution in [3.63, 3.8) is 0 Å². The Kier molecular flexibility index (Phi) is 4.69. The van der Waals surface area contributed by atoms with Gasteiger partial charge in [-0.25, -0.2) is 0 Å². The largest absolute Gasteiger partial charge is 0.372 e. The van der Waals surface area contributed by atoms with Gasteiger partial charge in [-0.2, -0.15) is 0 Å². The molecule has 1 aromatic carbocycles. The van der Waals surface area contributed by atoms with Gasteiger partial charge in [0.1, 0.15) is 0 Å². The number of nitrogens with zero attached hydrogens (tertiary/aromatic N) is 1. The number of anilines is 1. The third-order valence-corrected chi connectivity index (χ3v) is 2.42. The summed E-state index contributed by atoms with van der Waals surface area (Å²) < 4.78 is 0. The molecule has 0 N–H and O–H groups in total. The van der Waals surface area contributed by atoms with Gasteiger partial charge in [0.15, 0.2) is 0 Å². The van der Waals surface area contributed by atoms with E-state index in [0.717, 1.165) is 13.1 Å². The minimum absolute atomic E-state index is 1.04. The molecular formula is C14H18N. The standard InChI is InChI=1S/C14H18N/c1-4-7-8-13-9-11-14(12-10-13)15(5-2)6-3/h1,4,7-12H,5-6H2,2-3H3/b4-1?,8-7+. The van der Waals surface area contributed by atoms with Crippen molar-refractivity contribution < 1.29 is 0 Å². The van der Waals surface area contributed by atoms with Crippen molar-refractivity contribution in [1.29, 1.82) is 0 Å². The van der Waals surface area contributed by atoms with Crippen molar-refractivity contribution >= 4 is 11.8 Å². The van der Waals surface area contributed by atoms with E-state index in [1.165, 1.54) is 17.3 Å². The van der Waals surface area contributed by atoms with Crippen LogP contribution in [0.4, 0.5) is 5.69 Å². The molecule has 0 aromatic heterocycles. The highest BCUT2D eigenvalue weighted by Gasteiger charge is 1.99. The maximum Gasteiger partial charge on any atom is 0.0366 e. The first-order valence-corrected chi connectivity index (χ1v) is 5.38. The van der Waals surface area contributed by atoms with Crippen LogP contribution in [0, 0.1) is 6.58 Å². The first kappa shape index (κ1) is 11.6. The SMILES string of the molecule is [CH]=C/C=C/c1ccc(N(CC)CC)cc1. The van der Waals surface area contributed by atoms with Crippen LogP contribution in [0.25, 0.3) is 6.08 Å². The summed E-state index contributed by atoms with van der Waals surface area (Å²) in [5.74, 6) is 0. The van der Waals surface area contributed by atoms with Crippen molar-refractivity contribution in [2.45, 2.75) is 13.8 Å². The van der Waals surface area contributed by atoms with Gasteiger partial charge in [0, 0.05) is 18.8 Å². The van der Waals surface area contributed by atoms with Gasteiger partial charge in [-0.3, -0.25) is 0 Å². The second-order valence-electron chi connectivity index (χ2n) is 3.32. The second-order valence-corrected chi connectivity index (χ2v) is 3.32. The summed E-state index contributed by atoms with van der Waals surface area (Å²) in [6, 6.07) is 8.49. The van der Waals surface area contributed by atoms with E-state index < -0.39 is 0 Å². The average Bonchev–Trinajstić information content (AvgIpc) is 2.29. The third-order valence-electron chi connectivity index (χ3n) is 2.42. The Bertz CT molecular complexity index is 318. The van der Waals surface area contributed by atoms with Crippen LogP contribution in [0.3, 0.4) is 0 Å². The van der Waals surface area contributed by atoms with E-state index in [4.69, 9.17) is 6.58 Å². The zero-order valence-corrected chi connectivity index (χ0v) is 9.48. The smallest absolute Gasteiger partial charge is 0.0366 e. The van der Waals surface area contributed by atoms with Crippen molar-refractivity contribution in [3.8, 4) is 0 Å². The van der Waals surface area contributed by atoms with Crippen LogP contribution in [0.2, 0.25) is 0 Å². The molecular weight excluding hydrogens is 182 g/mol. The highest BCUT2D eigenvalue weighted by molar-refractivity contribution is 5.56. The average molecular weight is 200 g/mol. The minimum atomic E-state index is 1.04. The van der Waals surface area contributed by atoms with Crippen LogP contribution >= 0.6 is 0 Å². The molecule has 0 spiro atoms. The molecule has 0 saturated carbocycles. The van der Waals surface area contributed by atoms with Crippen molar-refractivity contribution in [3.05, 3.63) is 48.6 Å². The molecule has 0 unspecified atom stereocenters. The molecule has 79 valence electrons. The maximum atomic E-state index is 5.28. The van der Waals surface area contributed by atoms with Gasteiger partial charge >= 0.3 is 0 Å². The summed E-state index contributed by atoms with van der Waals surface area (Å²) in [6.45, 7) is 11.7. The molecule has 0 aliphatic carbocycles. The number of allylic oxidation sites excluding steroid dienone is 2. The minimum Gasteiger partial charge on any atom is -0.372 e. The summed E-state index contributed by atoms with van der Waals surface area (Å²) in [6.07, 6.45) is 5.37. The quantitative estimate of drug-likeness (QED) is 0.657. The summed E-state index contributed by atoms with van der Waals surface area (Å²) in [4.78, 5) is 2.32. The fourth-order valence-electron chi connectivity index (χ4n) is 1.55. The Morgan fingerprint density at radius 1 is 1.13 bits per heavy atom. The molecule has 1 radical (unpaired) electrons. The monoisotopic (exact) mass is 200 g/mol. The van der Waals surface area contributed by atoms with Crippen LogP contribution in [-0.4, -0.2) is 13.1 Å². The molecule has 1 heteroatoms. The zero-order chi connectivity index (χ0) is 11.1. The van der Waals surface area contributed by atoms with Crippen LogP contribution in [-0.2, 0) is 0 Å². The van der Waals surface area contributed by atoms with E-state index in [-0.39, 0.29) is 0 Å². The van der Waals surface area contributed by atoms with Gasteiger partial charge in [0.05, 0.1) is 0 Å². The molecule has 0 bridgehead atoms. The van der Waals surface area contributed by atoms with Crippen molar-refractivity contribution in [2.75, 3.05) is 18.0 Å². The fraction of sp³-hybridized carbons (Fsp3) is 0.286. The van der Waals surface area contributed by atoms with E-state index in [0.29, 0.717) is 0 Å². The Hall–Kier alpha value is -1.50. The molecule has 0 heterocycles. The highest BCUT2D eigenvalue weighted by atomic mass is 15.1. The molecule has 0 atom stereocenters. The lowest BCUT2D eigenvalue weighted by Crippen LogP contribution is -2.21. The molecule has 1 nitrogen and oxygen atoms in total. The first-order chi connectivity index (χ1) is 7.31. The lowest BCUT2D eigenvalue weighted by molar-refractivity contribution is 0.866. The molecule has 1 aromatic rings. The van der Waals surface area contributed by atoms with Gasteiger partial charge in [0.25, 0.3) is 0 Å². The number of rotatable bonds is 5. The van der Waals surface area contributed by atoms with E-state index in [2.05, 4.69) is 43.0 Å². The summed E-state index contributed by atoms with van der Waals surface area (Å²) in [7, 11) is 0. The Morgan fingerprint density at radius 2 is 1.73 bits per heavy atom. The number of benzene rings is 1. The second kappa shape index (κ2) is 6.07. The molecule has 0 aliphatic heterocycles. The van der Waals surface area contributed by atoms with Crippen LogP contribution in [0.5, 0.6) is 0 Å². The Balaban J connectivity index is 2.79. The fourth-order valence-corrected chi connectivity index (χ4v) is 1.55. The number of hydrogen-bond donors (Lipinski definition) is 0.